The van der Waals surface area contributed by atoms with Gasteiger partial charge in [0.1, 0.15) is 24.2 Å². The fraction of sp³-hybridized carbons (Fsp3) is 0.424. The number of aliphatic hydroxyl groups excluding tert-OH is 1. The van der Waals surface area contributed by atoms with Gasteiger partial charge in [-0.3, -0.25) is 4.79 Å². The number of hydrogen-bond donors (Lipinski definition) is 3. The van der Waals surface area contributed by atoms with Crippen LogP contribution in [0.4, 0.5) is 5.82 Å². The zero-order valence-corrected chi connectivity index (χ0v) is 24.4. The number of aromatic nitrogens is 2. The molecule has 1 amide bonds. The molecule has 3 saturated heterocycles. The molecule has 10 nitrogen and oxygen atoms in total. The first-order valence-corrected chi connectivity index (χ1v) is 15.2. The van der Waals surface area contributed by atoms with Crippen molar-refractivity contribution in [3.63, 3.8) is 0 Å². The standard InChI is InChI=1S/C33H38N6O4/c1-37-12-4-6-24(37)19-43-33-35-30-14-21(28-15-25(41)13-20-5-2-3-7-26(20)28)8-11-27(30)31(36-33)39-22-9-10-23(39)17-38(16-22)32(42)29(34)18-40/h2-3,5,7-8,11,13-15,22-24,29,40-41H,4,6,9-10,12,16-19,34H2,1H3/t22-,23+,24-,29-/m0/s1. The van der Waals surface area contributed by atoms with Crippen LogP contribution in [0.25, 0.3) is 32.8 Å². The summed E-state index contributed by atoms with van der Waals surface area (Å²) >= 11 is 0. The van der Waals surface area contributed by atoms with Crippen molar-refractivity contribution in [2.24, 2.45) is 5.73 Å². The molecule has 224 valence electrons. The highest BCUT2D eigenvalue weighted by Crippen LogP contribution is 2.40. The number of ether oxygens (including phenoxy) is 1. The van der Waals surface area contributed by atoms with Crippen molar-refractivity contribution in [3.05, 3.63) is 54.6 Å². The fourth-order valence-corrected chi connectivity index (χ4v) is 7.16. The highest BCUT2D eigenvalue weighted by atomic mass is 16.5. The Hall–Kier alpha value is -3.99. The van der Waals surface area contributed by atoms with Crippen LogP contribution in [0, 0.1) is 0 Å². The lowest BCUT2D eigenvalue weighted by Gasteiger charge is -2.42. The van der Waals surface area contributed by atoms with Crippen molar-refractivity contribution >= 4 is 33.4 Å². The summed E-state index contributed by atoms with van der Waals surface area (Å²) in [6, 6.07) is 17.7. The Morgan fingerprint density at radius 1 is 1.05 bits per heavy atom. The number of likely N-dealkylation sites (N-methyl/N-ethyl adjacent to an activating group) is 1. The number of anilines is 1. The number of amides is 1. The molecule has 0 unspecified atom stereocenters. The van der Waals surface area contributed by atoms with Crippen LogP contribution in [-0.2, 0) is 4.79 Å². The first-order chi connectivity index (χ1) is 20.9. The molecule has 10 heteroatoms. The fourth-order valence-electron chi connectivity index (χ4n) is 7.16. The molecule has 0 aliphatic carbocycles. The molecule has 7 rings (SSSR count). The Labute approximate surface area is 250 Å². The average molecular weight is 583 g/mol. The number of carbonyl (C=O) groups is 1. The molecular formula is C33H38N6O4. The normalized spacial score (nSPS) is 22.9. The van der Waals surface area contributed by atoms with Gasteiger partial charge < -0.3 is 35.4 Å². The van der Waals surface area contributed by atoms with Crippen LogP contribution in [0.3, 0.4) is 0 Å². The van der Waals surface area contributed by atoms with Crippen LogP contribution in [0.2, 0.25) is 0 Å². The number of nitrogens with two attached hydrogens (primary N) is 1. The molecule has 4 aromatic rings. The number of phenolic OH excluding ortho intramolecular Hbond substituents is 1. The summed E-state index contributed by atoms with van der Waals surface area (Å²) in [5, 5.41) is 22.9. The quantitative estimate of drug-likeness (QED) is 0.301. The SMILES string of the molecule is CN1CCC[C@H]1COc1nc(N2[C@@H]3CC[C@H]2CN(C(=O)[C@@H](N)CO)C3)c2ccc(-c3cc(O)cc4ccccc34)cc2n1. The summed E-state index contributed by atoms with van der Waals surface area (Å²) in [6.45, 7) is 2.28. The van der Waals surface area contributed by atoms with E-state index in [1.165, 1.54) is 0 Å². The Balaban J connectivity index is 1.29. The van der Waals surface area contributed by atoms with E-state index in [0.717, 1.165) is 70.8 Å². The van der Waals surface area contributed by atoms with Crippen molar-refractivity contribution in [2.75, 3.05) is 44.8 Å². The molecule has 3 aliphatic rings. The highest BCUT2D eigenvalue weighted by molar-refractivity contribution is 6.01. The lowest BCUT2D eigenvalue weighted by molar-refractivity contribution is -0.134. The van der Waals surface area contributed by atoms with E-state index in [1.54, 1.807) is 17.0 Å². The minimum absolute atomic E-state index is 0.0789. The van der Waals surface area contributed by atoms with Crippen molar-refractivity contribution in [1.82, 2.24) is 19.8 Å². The Kier molecular flexibility index (Phi) is 7.28. The number of benzene rings is 3. The molecule has 3 fully saturated rings. The molecule has 1 aromatic heterocycles. The molecule has 0 spiro atoms. The lowest BCUT2D eigenvalue weighted by atomic mass is 9.97. The van der Waals surface area contributed by atoms with Crippen molar-refractivity contribution in [1.29, 1.82) is 0 Å². The monoisotopic (exact) mass is 582 g/mol. The second-order valence-electron chi connectivity index (χ2n) is 12.2. The summed E-state index contributed by atoms with van der Waals surface area (Å²) in [4.78, 5) is 29.2. The molecule has 43 heavy (non-hydrogen) atoms. The number of nitrogens with zero attached hydrogens (tertiary/aromatic N) is 5. The van der Waals surface area contributed by atoms with E-state index < -0.39 is 6.04 Å². The van der Waals surface area contributed by atoms with Gasteiger partial charge in [-0.05, 0) is 85.4 Å². The maximum Gasteiger partial charge on any atom is 0.319 e. The number of rotatable bonds is 7. The number of phenols is 1. The van der Waals surface area contributed by atoms with E-state index in [0.29, 0.717) is 31.7 Å². The van der Waals surface area contributed by atoms with Crippen LogP contribution in [0.5, 0.6) is 11.8 Å². The number of carbonyl (C=O) groups excluding carboxylic acids is 1. The summed E-state index contributed by atoms with van der Waals surface area (Å²) in [6.07, 6.45) is 4.11. The van der Waals surface area contributed by atoms with Gasteiger partial charge >= 0.3 is 6.01 Å². The van der Waals surface area contributed by atoms with Gasteiger partial charge in [0.25, 0.3) is 0 Å². The van der Waals surface area contributed by atoms with E-state index in [9.17, 15) is 15.0 Å². The van der Waals surface area contributed by atoms with Crippen LogP contribution in [0.15, 0.2) is 54.6 Å². The first-order valence-electron chi connectivity index (χ1n) is 15.2. The average Bonchev–Trinajstić information content (AvgIpc) is 3.55. The molecule has 3 aromatic carbocycles. The number of hydrogen-bond acceptors (Lipinski definition) is 9. The Morgan fingerprint density at radius 3 is 2.58 bits per heavy atom. The smallest absolute Gasteiger partial charge is 0.319 e. The van der Waals surface area contributed by atoms with Crippen molar-refractivity contribution in [3.8, 4) is 22.9 Å². The predicted octanol–water partition coefficient (Wildman–Crippen LogP) is 3.13. The minimum Gasteiger partial charge on any atom is -0.508 e. The largest absolute Gasteiger partial charge is 0.508 e. The van der Waals surface area contributed by atoms with E-state index in [4.69, 9.17) is 20.4 Å². The Morgan fingerprint density at radius 2 is 1.84 bits per heavy atom. The molecule has 4 atom stereocenters. The lowest BCUT2D eigenvalue weighted by Crippen LogP contribution is -2.59. The summed E-state index contributed by atoms with van der Waals surface area (Å²) < 4.78 is 6.29. The topological polar surface area (TPSA) is 128 Å². The molecule has 3 aliphatic heterocycles. The number of fused-ring (bicyclic) bond motifs is 4. The third-order valence-corrected chi connectivity index (χ3v) is 9.44. The van der Waals surface area contributed by atoms with Gasteiger partial charge in [-0.25, -0.2) is 0 Å². The van der Waals surface area contributed by atoms with Crippen LogP contribution in [0.1, 0.15) is 25.7 Å². The molecule has 0 radical (unpaired) electrons. The zero-order valence-electron chi connectivity index (χ0n) is 24.4. The second kappa shape index (κ2) is 11.3. The van der Waals surface area contributed by atoms with E-state index in [1.807, 2.05) is 18.2 Å². The van der Waals surface area contributed by atoms with Gasteiger partial charge in [0.15, 0.2) is 0 Å². The van der Waals surface area contributed by atoms with E-state index >= 15 is 0 Å². The highest BCUT2D eigenvalue weighted by Gasteiger charge is 2.43. The van der Waals surface area contributed by atoms with Crippen LogP contribution < -0.4 is 15.4 Å². The summed E-state index contributed by atoms with van der Waals surface area (Å²) in [5.74, 6) is 0.823. The Bertz CT molecular complexity index is 1670. The third-order valence-electron chi connectivity index (χ3n) is 9.44. The molecular weight excluding hydrogens is 544 g/mol. The van der Waals surface area contributed by atoms with Gasteiger partial charge in [-0.15, -0.1) is 0 Å². The first kappa shape index (κ1) is 27.8. The van der Waals surface area contributed by atoms with Gasteiger partial charge in [0.05, 0.1) is 12.1 Å². The second-order valence-corrected chi connectivity index (χ2v) is 12.2. The summed E-state index contributed by atoms with van der Waals surface area (Å²) in [7, 11) is 2.13. The maximum atomic E-state index is 12.8. The number of likely N-dealkylation sites (tertiary alicyclic amines) is 2. The van der Waals surface area contributed by atoms with Crippen molar-refractivity contribution in [2.45, 2.75) is 49.9 Å². The number of aromatic hydroxyl groups is 1. The molecule has 4 N–H and O–H groups in total. The number of aliphatic hydroxyl groups is 1. The van der Waals surface area contributed by atoms with Gasteiger partial charge in [0.2, 0.25) is 5.91 Å². The number of piperazine rings is 1. The molecule has 4 heterocycles. The van der Waals surface area contributed by atoms with Gasteiger partial charge in [-0.1, -0.05) is 30.3 Å². The van der Waals surface area contributed by atoms with Crippen molar-refractivity contribution < 1.29 is 19.7 Å². The molecule has 2 bridgehead atoms. The third kappa shape index (κ3) is 5.13. The molecule has 0 saturated carbocycles. The minimum atomic E-state index is -0.897. The maximum absolute atomic E-state index is 12.8. The van der Waals surface area contributed by atoms with E-state index in [2.05, 4.69) is 41.1 Å². The van der Waals surface area contributed by atoms with Gasteiger partial charge in [0, 0.05) is 36.6 Å². The predicted molar refractivity (Wildman–Crippen MR) is 166 cm³/mol. The van der Waals surface area contributed by atoms with E-state index in [-0.39, 0.29) is 30.3 Å². The zero-order chi connectivity index (χ0) is 29.7. The van der Waals surface area contributed by atoms with Crippen LogP contribution >= 0.6 is 0 Å². The van der Waals surface area contributed by atoms with Crippen LogP contribution in [-0.4, -0.2) is 100.0 Å². The van der Waals surface area contributed by atoms with Gasteiger partial charge in [-0.2, -0.15) is 9.97 Å². The summed E-state index contributed by atoms with van der Waals surface area (Å²) in [5.41, 5.74) is 8.53.